The van der Waals surface area contributed by atoms with Crippen LogP contribution < -0.4 is 0 Å². The molecule has 4 nitrogen and oxygen atoms in total. The van der Waals surface area contributed by atoms with Crippen LogP contribution in [0.2, 0.25) is 5.02 Å². The zero-order chi connectivity index (χ0) is 12.2. The highest BCUT2D eigenvalue weighted by molar-refractivity contribution is 6.31. The molecule has 2 aromatic rings. The molecule has 2 unspecified atom stereocenters. The SMILES string of the molecule is Cn1c(C2CC2C(=O)O)nc2cc(Cl)ccc21. The Morgan fingerprint density at radius 1 is 1.59 bits per heavy atom. The minimum absolute atomic E-state index is 0.0451. The molecular formula is C12H11ClN2O2. The summed E-state index contributed by atoms with van der Waals surface area (Å²) in [7, 11) is 1.91. The Hall–Kier alpha value is -1.55. The van der Waals surface area contributed by atoms with Gasteiger partial charge in [-0.2, -0.15) is 0 Å². The van der Waals surface area contributed by atoms with Crippen LogP contribution in [0.3, 0.4) is 0 Å². The van der Waals surface area contributed by atoms with Gasteiger partial charge < -0.3 is 9.67 Å². The number of rotatable bonds is 2. The van der Waals surface area contributed by atoms with E-state index in [2.05, 4.69) is 4.98 Å². The van der Waals surface area contributed by atoms with Crippen LogP contribution in [0.5, 0.6) is 0 Å². The summed E-state index contributed by atoms with van der Waals surface area (Å²) in [6, 6.07) is 5.53. The number of carbonyl (C=O) groups is 1. The first-order valence-corrected chi connectivity index (χ1v) is 5.80. The van der Waals surface area contributed by atoms with Gasteiger partial charge in [0.1, 0.15) is 5.82 Å². The molecule has 2 atom stereocenters. The number of carboxylic acid groups (broad SMARTS) is 1. The molecule has 0 aliphatic heterocycles. The van der Waals surface area contributed by atoms with Gasteiger partial charge in [0.25, 0.3) is 0 Å². The van der Waals surface area contributed by atoms with Crippen LogP contribution in [-0.4, -0.2) is 20.6 Å². The summed E-state index contributed by atoms with van der Waals surface area (Å²) < 4.78 is 1.96. The van der Waals surface area contributed by atoms with Gasteiger partial charge in [-0.3, -0.25) is 4.79 Å². The molecule has 0 radical (unpaired) electrons. The summed E-state index contributed by atoms with van der Waals surface area (Å²) in [5.41, 5.74) is 1.81. The van der Waals surface area contributed by atoms with Gasteiger partial charge >= 0.3 is 5.97 Å². The second-order valence-corrected chi connectivity index (χ2v) is 4.89. The predicted octanol–water partition coefficient (Wildman–Crippen LogP) is 2.41. The van der Waals surface area contributed by atoms with E-state index in [1.165, 1.54) is 0 Å². The van der Waals surface area contributed by atoms with Crippen molar-refractivity contribution in [2.45, 2.75) is 12.3 Å². The van der Waals surface area contributed by atoms with Crippen molar-refractivity contribution in [3.63, 3.8) is 0 Å². The smallest absolute Gasteiger partial charge is 0.307 e. The largest absolute Gasteiger partial charge is 0.481 e. The standard InChI is InChI=1S/C12H11ClN2O2/c1-15-10-3-2-6(13)4-9(10)14-11(15)7-5-8(7)12(16)17/h2-4,7-8H,5H2,1H3,(H,16,17). The number of halogens is 1. The molecule has 0 bridgehead atoms. The monoisotopic (exact) mass is 250 g/mol. The van der Waals surface area contributed by atoms with Crippen LogP contribution in [-0.2, 0) is 11.8 Å². The molecule has 1 aliphatic rings. The Balaban J connectivity index is 2.07. The van der Waals surface area contributed by atoms with Crippen LogP contribution in [0.25, 0.3) is 11.0 Å². The molecule has 1 N–H and O–H groups in total. The Morgan fingerprint density at radius 2 is 2.35 bits per heavy atom. The lowest BCUT2D eigenvalue weighted by Crippen LogP contribution is -2.02. The van der Waals surface area contributed by atoms with E-state index in [9.17, 15) is 4.79 Å². The molecule has 5 heteroatoms. The lowest BCUT2D eigenvalue weighted by atomic mass is 10.3. The molecule has 1 aromatic heterocycles. The van der Waals surface area contributed by atoms with Crippen molar-refractivity contribution in [2.24, 2.45) is 13.0 Å². The number of aliphatic carboxylic acids is 1. The first-order valence-electron chi connectivity index (χ1n) is 5.42. The third-order valence-corrected chi connectivity index (χ3v) is 3.55. The van der Waals surface area contributed by atoms with Crippen LogP contribution in [0, 0.1) is 5.92 Å². The van der Waals surface area contributed by atoms with Crippen LogP contribution in [0.15, 0.2) is 18.2 Å². The fourth-order valence-electron chi connectivity index (χ4n) is 2.28. The van der Waals surface area contributed by atoms with Crippen molar-refractivity contribution in [3.8, 4) is 0 Å². The molecule has 1 saturated carbocycles. The topological polar surface area (TPSA) is 55.1 Å². The molecule has 17 heavy (non-hydrogen) atoms. The summed E-state index contributed by atoms with van der Waals surface area (Å²) in [5.74, 6) is -0.126. The maximum atomic E-state index is 10.9. The minimum atomic E-state index is -0.736. The molecule has 88 valence electrons. The second-order valence-electron chi connectivity index (χ2n) is 4.45. The molecule has 1 fully saturated rings. The molecule has 1 heterocycles. The van der Waals surface area contributed by atoms with Gasteiger partial charge in [-0.05, 0) is 24.6 Å². The van der Waals surface area contributed by atoms with Gasteiger partial charge in [-0.15, -0.1) is 0 Å². The van der Waals surface area contributed by atoms with Crippen molar-refractivity contribution in [2.75, 3.05) is 0 Å². The van der Waals surface area contributed by atoms with E-state index in [1.54, 1.807) is 6.07 Å². The highest BCUT2D eigenvalue weighted by atomic mass is 35.5. The van der Waals surface area contributed by atoms with E-state index >= 15 is 0 Å². The molecular weight excluding hydrogens is 240 g/mol. The average Bonchev–Trinajstić information content (AvgIpc) is 3.00. The van der Waals surface area contributed by atoms with E-state index in [0.29, 0.717) is 11.4 Å². The van der Waals surface area contributed by atoms with E-state index in [0.717, 1.165) is 16.9 Å². The van der Waals surface area contributed by atoms with Gasteiger partial charge in [0.15, 0.2) is 0 Å². The molecule has 1 aliphatic carbocycles. The predicted molar refractivity (Wildman–Crippen MR) is 64.2 cm³/mol. The first kappa shape index (κ1) is 10.6. The van der Waals surface area contributed by atoms with E-state index in [1.807, 2.05) is 23.7 Å². The summed E-state index contributed by atoms with van der Waals surface area (Å²) in [4.78, 5) is 15.4. The van der Waals surface area contributed by atoms with Crippen LogP contribution >= 0.6 is 11.6 Å². The highest BCUT2D eigenvalue weighted by Gasteiger charge is 2.46. The maximum Gasteiger partial charge on any atom is 0.307 e. The Labute approximate surface area is 103 Å². The third-order valence-electron chi connectivity index (χ3n) is 3.32. The van der Waals surface area contributed by atoms with Gasteiger partial charge in [-0.1, -0.05) is 11.6 Å². The van der Waals surface area contributed by atoms with Crippen molar-refractivity contribution >= 4 is 28.6 Å². The number of nitrogens with zero attached hydrogens (tertiary/aromatic N) is 2. The molecule has 1 aromatic carbocycles. The van der Waals surface area contributed by atoms with Crippen molar-refractivity contribution in [1.82, 2.24) is 9.55 Å². The lowest BCUT2D eigenvalue weighted by Gasteiger charge is -1.99. The summed E-state index contributed by atoms with van der Waals surface area (Å²) in [6.45, 7) is 0. The number of hydrogen-bond donors (Lipinski definition) is 1. The van der Waals surface area contributed by atoms with E-state index in [-0.39, 0.29) is 11.8 Å². The highest BCUT2D eigenvalue weighted by Crippen LogP contribution is 2.47. The van der Waals surface area contributed by atoms with Gasteiger partial charge in [-0.25, -0.2) is 4.98 Å². The van der Waals surface area contributed by atoms with Gasteiger partial charge in [0, 0.05) is 18.0 Å². The quantitative estimate of drug-likeness (QED) is 0.891. The number of carboxylic acids is 1. The first-order chi connectivity index (χ1) is 8.08. The van der Waals surface area contributed by atoms with Crippen LogP contribution in [0.4, 0.5) is 0 Å². The normalized spacial score (nSPS) is 22.9. The van der Waals surface area contributed by atoms with E-state index < -0.39 is 5.97 Å². The van der Waals surface area contributed by atoms with E-state index in [4.69, 9.17) is 16.7 Å². The fraction of sp³-hybridized carbons (Fsp3) is 0.333. The van der Waals surface area contributed by atoms with Gasteiger partial charge in [0.2, 0.25) is 0 Å². The minimum Gasteiger partial charge on any atom is -0.481 e. The summed E-state index contributed by atoms with van der Waals surface area (Å²) in [6.07, 6.45) is 0.681. The molecule has 3 rings (SSSR count). The molecule has 0 amide bonds. The summed E-state index contributed by atoms with van der Waals surface area (Å²) in [5, 5.41) is 9.58. The number of hydrogen-bond acceptors (Lipinski definition) is 2. The zero-order valence-corrected chi connectivity index (χ0v) is 9.98. The van der Waals surface area contributed by atoms with Crippen molar-refractivity contribution < 1.29 is 9.90 Å². The number of aryl methyl sites for hydroxylation is 1. The average molecular weight is 251 g/mol. The molecule has 0 saturated heterocycles. The lowest BCUT2D eigenvalue weighted by molar-refractivity contribution is -0.138. The maximum absolute atomic E-state index is 10.9. The Kier molecular flexibility index (Phi) is 2.16. The Bertz CT molecular complexity index is 620. The second kappa shape index (κ2) is 3.47. The zero-order valence-electron chi connectivity index (χ0n) is 9.22. The Morgan fingerprint density at radius 3 is 3.00 bits per heavy atom. The fourth-order valence-corrected chi connectivity index (χ4v) is 2.44. The molecule has 0 spiro atoms. The number of imidazole rings is 1. The number of aromatic nitrogens is 2. The van der Waals surface area contributed by atoms with Crippen molar-refractivity contribution in [1.29, 1.82) is 0 Å². The summed E-state index contributed by atoms with van der Waals surface area (Å²) >= 11 is 5.91. The number of benzene rings is 1. The van der Waals surface area contributed by atoms with Crippen molar-refractivity contribution in [3.05, 3.63) is 29.0 Å². The van der Waals surface area contributed by atoms with Gasteiger partial charge in [0.05, 0.1) is 17.0 Å². The third kappa shape index (κ3) is 1.60. The van der Waals surface area contributed by atoms with Crippen LogP contribution in [0.1, 0.15) is 18.2 Å². The number of fused-ring (bicyclic) bond motifs is 1.